The van der Waals surface area contributed by atoms with Crippen molar-refractivity contribution in [3.8, 4) is 17.2 Å². The van der Waals surface area contributed by atoms with Gasteiger partial charge in [0.1, 0.15) is 5.56 Å². The van der Waals surface area contributed by atoms with Crippen LogP contribution in [-0.4, -0.2) is 66.3 Å². The molecule has 0 amide bonds. The molecule has 0 unspecified atom stereocenters. The van der Waals surface area contributed by atoms with E-state index in [1.165, 1.54) is 12.4 Å². The second-order valence-electron chi connectivity index (χ2n) is 9.17. The smallest absolute Gasteiger partial charge is 0.341 e. The summed E-state index contributed by atoms with van der Waals surface area (Å²) >= 11 is 0. The van der Waals surface area contributed by atoms with Crippen molar-refractivity contribution in [1.29, 1.82) is 0 Å². The van der Waals surface area contributed by atoms with Crippen LogP contribution < -0.4 is 20.2 Å². The average Bonchev–Trinajstić information content (AvgIpc) is 2.98. The minimum atomic E-state index is -1.32. The number of rotatable bonds is 15. The molecule has 0 aliphatic rings. The summed E-state index contributed by atoms with van der Waals surface area (Å²) in [6.07, 6.45) is 4.94. The van der Waals surface area contributed by atoms with Crippen LogP contribution in [0.15, 0.2) is 59.7 Å². The van der Waals surface area contributed by atoms with E-state index in [1.807, 2.05) is 37.3 Å². The van der Waals surface area contributed by atoms with Gasteiger partial charge in [-0.1, -0.05) is 19.1 Å². The van der Waals surface area contributed by atoms with Crippen molar-refractivity contribution in [3.05, 3.63) is 76.2 Å². The summed E-state index contributed by atoms with van der Waals surface area (Å²) < 4.78 is 23.7. The van der Waals surface area contributed by atoms with Gasteiger partial charge in [0.15, 0.2) is 17.1 Å². The van der Waals surface area contributed by atoms with E-state index in [9.17, 15) is 14.7 Å². The molecule has 4 rings (SSSR count). The summed E-state index contributed by atoms with van der Waals surface area (Å²) in [4.78, 5) is 33.7. The predicted molar refractivity (Wildman–Crippen MR) is 155 cm³/mol. The summed E-state index contributed by atoms with van der Waals surface area (Å²) in [6.45, 7) is 4.11. The Bertz CT molecular complexity index is 1540. The zero-order valence-corrected chi connectivity index (χ0v) is 23.4. The first kappa shape index (κ1) is 29.5. The van der Waals surface area contributed by atoms with Gasteiger partial charge < -0.3 is 33.9 Å². The molecule has 41 heavy (non-hydrogen) atoms. The number of aromatic nitrogens is 3. The summed E-state index contributed by atoms with van der Waals surface area (Å²) in [7, 11) is 3.28. The van der Waals surface area contributed by atoms with Gasteiger partial charge in [0.05, 0.1) is 18.6 Å². The molecule has 11 heteroatoms. The zero-order valence-electron chi connectivity index (χ0n) is 23.4. The minimum absolute atomic E-state index is 0.0944. The lowest BCUT2D eigenvalue weighted by atomic mass is 10.1. The monoisotopic (exact) mass is 562 g/mol. The van der Waals surface area contributed by atoms with Crippen molar-refractivity contribution < 1.29 is 28.8 Å². The minimum Gasteiger partial charge on any atom is -0.490 e. The van der Waals surface area contributed by atoms with E-state index in [-0.39, 0.29) is 22.5 Å². The van der Waals surface area contributed by atoms with E-state index in [0.717, 1.165) is 18.4 Å². The number of aryl methyl sites for hydroxylation is 1. The topological polar surface area (TPSA) is 134 Å². The van der Waals surface area contributed by atoms with Gasteiger partial charge in [-0.05, 0) is 36.2 Å². The van der Waals surface area contributed by atoms with Crippen LogP contribution in [-0.2, 0) is 15.9 Å². The lowest BCUT2D eigenvalue weighted by molar-refractivity contribution is 0.0695. The number of hydrogen-bond acceptors (Lipinski definition) is 9. The Morgan fingerprint density at radius 3 is 2.27 bits per heavy atom. The Kier molecular flexibility index (Phi) is 10.2. The highest BCUT2D eigenvalue weighted by Gasteiger charge is 2.18. The molecule has 0 radical (unpaired) electrons. The molecule has 2 N–H and O–H groups in total. The second kappa shape index (κ2) is 14.2. The van der Waals surface area contributed by atoms with E-state index >= 15 is 0 Å². The van der Waals surface area contributed by atoms with E-state index in [0.29, 0.717) is 55.7 Å². The fraction of sp³-hybridized carbons (Fsp3) is 0.333. The van der Waals surface area contributed by atoms with Gasteiger partial charge >= 0.3 is 5.97 Å². The number of fused-ring (bicyclic) bond motifs is 1. The molecule has 0 atom stereocenters. The molecule has 2 aromatic heterocycles. The first-order chi connectivity index (χ1) is 19.9. The molecule has 0 aliphatic heterocycles. The summed E-state index contributed by atoms with van der Waals surface area (Å²) in [5, 5.41) is 12.9. The van der Waals surface area contributed by atoms with Crippen LogP contribution in [0.2, 0.25) is 0 Å². The third kappa shape index (κ3) is 7.38. The molecular formula is C30H34N4O7. The number of carboxylic acids is 1. The SMILES string of the molecule is CCc1ccc(-n2cc(C(=O)O)c(=O)c3cnc(Nc4ccc(OCCCOC)c(OCCCOC)c4)nc32)cc1. The van der Waals surface area contributed by atoms with Crippen LogP contribution in [0.3, 0.4) is 0 Å². The molecule has 0 saturated heterocycles. The molecule has 0 spiro atoms. The Morgan fingerprint density at radius 2 is 1.63 bits per heavy atom. The fourth-order valence-corrected chi connectivity index (χ4v) is 4.13. The number of ether oxygens (including phenoxy) is 4. The van der Waals surface area contributed by atoms with E-state index in [4.69, 9.17) is 18.9 Å². The molecule has 0 saturated carbocycles. The van der Waals surface area contributed by atoms with Gasteiger partial charge in [-0.15, -0.1) is 0 Å². The number of hydrogen-bond donors (Lipinski definition) is 2. The number of anilines is 2. The quantitative estimate of drug-likeness (QED) is 0.198. The van der Waals surface area contributed by atoms with Gasteiger partial charge in [0, 0.05) is 70.1 Å². The highest BCUT2D eigenvalue weighted by Crippen LogP contribution is 2.32. The van der Waals surface area contributed by atoms with Crippen molar-refractivity contribution in [3.63, 3.8) is 0 Å². The zero-order chi connectivity index (χ0) is 29.2. The predicted octanol–water partition coefficient (Wildman–Crippen LogP) is 4.62. The van der Waals surface area contributed by atoms with Gasteiger partial charge in [0.25, 0.3) is 0 Å². The van der Waals surface area contributed by atoms with Crippen molar-refractivity contribution >= 4 is 28.6 Å². The molecule has 2 heterocycles. The number of aromatic carboxylic acids is 1. The Labute approximate surface area is 237 Å². The third-order valence-corrected chi connectivity index (χ3v) is 6.30. The standard InChI is InChI=1S/C30H34N4O7/c1-4-20-7-10-22(11-8-20)34-19-24(29(36)37)27(35)23-18-31-30(33-28(23)34)32-21-9-12-25(40-15-5-13-38-2)26(17-21)41-16-6-14-39-3/h7-12,17-19H,4-6,13-16H2,1-3H3,(H,36,37)(H,31,32,33). The van der Waals surface area contributed by atoms with E-state index in [1.54, 1.807) is 30.9 Å². The van der Waals surface area contributed by atoms with Crippen molar-refractivity contribution in [2.24, 2.45) is 0 Å². The molecule has 4 aromatic rings. The molecular weight excluding hydrogens is 528 g/mol. The molecule has 0 fully saturated rings. The van der Waals surface area contributed by atoms with Gasteiger partial charge in [0.2, 0.25) is 11.4 Å². The van der Waals surface area contributed by atoms with Crippen LogP contribution in [0, 0.1) is 0 Å². The number of benzene rings is 2. The molecule has 2 aromatic carbocycles. The Balaban J connectivity index is 1.69. The largest absolute Gasteiger partial charge is 0.490 e. The average molecular weight is 563 g/mol. The molecule has 216 valence electrons. The number of nitrogens with zero attached hydrogens (tertiary/aromatic N) is 3. The lowest BCUT2D eigenvalue weighted by Crippen LogP contribution is -2.19. The second-order valence-corrected chi connectivity index (χ2v) is 9.17. The Morgan fingerprint density at radius 1 is 0.951 bits per heavy atom. The number of carbonyl (C=O) groups is 1. The van der Waals surface area contributed by atoms with Crippen molar-refractivity contribution in [2.45, 2.75) is 26.2 Å². The normalized spacial score (nSPS) is 11.0. The van der Waals surface area contributed by atoms with Crippen LogP contribution in [0.25, 0.3) is 16.7 Å². The van der Waals surface area contributed by atoms with Gasteiger partial charge in [-0.2, -0.15) is 4.98 Å². The van der Waals surface area contributed by atoms with Crippen molar-refractivity contribution in [2.75, 3.05) is 46.0 Å². The molecule has 11 nitrogen and oxygen atoms in total. The van der Waals surface area contributed by atoms with Crippen molar-refractivity contribution in [1.82, 2.24) is 14.5 Å². The highest BCUT2D eigenvalue weighted by molar-refractivity contribution is 5.92. The summed E-state index contributed by atoms with van der Waals surface area (Å²) in [6, 6.07) is 13.0. The molecule has 0 bridgehead atoms. The molecule has 0 aliphatic carbocycles. The first-order valence-corrected chi connectivity index (χ1v) is 13.3. The fourth-order valence-electron chi connectivity index (χ4n) is 4.13. The maximum absolute atomic E-state index is 12.9. The lowest BCUT2D eigenvalue weighted by Gasteiger charge is -2.15. The van der Waals surface area contributed by atoms with Crippen LogP contribution in [0.1, 0.15) is 35.7 Å². The van der Waals surface area contributed by atoms with E-state index in [2.05, 4.69) is 15.3 Å². The Hall–Kier alpha value is -4.48. The maximum atomic E-state index is 12.9. The van der Waals surface area contributed by atoms with Gasteiger partial charge in [-0.25, -0.2) is 9.78 Å². The number of carboxylic acid groups (broad SMARTS) is 1. The van der Waals surface area contributed by atoms with Crippen LogP contribution in [0.4, 0.5) is 11.6 Å². The van der Waals surface area contributed by atoms with Crippen LogP contribution in [0.5, 0.6) is 11.5 Å². The van der Waals surface area contributed by atoms with Gasteiger partial charge in [-0.3, -0.25) is 4.79 Å². The summed E-state index contributed by atoms with van der Waals surface area (Å²) in [5.74, 6) is 0.0379. The van der Waals surface area contributed by atoms with Crippen LogP contribution >= 0.6 is 0 Å². The maximum Gasteiger partial charge on any atom is 0.341 e. The number of methoxy groups -OCH3 is 2. The third-order valence-electron chi connectivity index (χ3n) is 6.30. The number of nitrogens with one attached hydrogen (secondary N) is 1. The number of pyridine rings is 1. The first-order valence-electron chi connectivity index (χ1n) is 13.3. The highest BCUT2D eigenvalue weighted by atomic mass is 16.5. The van der Waals surface area contributed by atoms with E-state index < -0.39 is 11.4 Å². The summed E-state index contributed by atoms with van der Waals surface area (Å²) in [5.41, 5.74) is 1.69.